The van der Waals surface area contributed by atoms with Gasteiger partial charge in [0.15, 0.2) is 0 Å². The third kappa shape index (κ3) is 12.5. The molecule has 2 aromatic heterocycles. The van der Waals surface area contributed by atoms with Gasteiger partial charge in [-0.05, 0) is 88.1 Å². The molecule has 0 spiro atoms. The highest BCUT2D eigenvalue weighted by Crippen LogP contribution is 2.23. The standard InChI is InChI=1S/C20H21NO5S.C13H15NO3.C7H7ClO2S.CH4.H2/c1-14-8-10-17(11-9-14)27(23,24)26-12-4-6-16-13-15-5-3-7-18(19(15)21-16)20(22)25-2;1-17-13(16)11-6-2-4-9-8-10(5-3-7-15)14-12(9)11;1-6-2-4-7(5-3-6)11(8,9)10;;/h3,5,7-11,13,21H,4,6,12H2,1-2H3;2,4,6,8,14-15H,3,5,7H2,1H3;2-5H,1H3;1H4;1H/i;;;;1+1. The minimum absolute atomic E-state index is 0. The summed E-state index contributed by atoms with van der Waals surface area (Å²) in [5, 5.41) is 10.7. The molecule has 15 heteroatoms. The fourth-order valence-corrected chi connectivity index (χ4v) is 7.15. The quantitative estimate of drug-likeness (QED) is 0.0470. The number of carbonyl (C=O) groups is 2. The topological polar surface area (TPSA) is 182 Å². The summed E-state index contributed by atoms with van der Waals surface area (Å²) < 4.78 is 60.4. The van der Waals surface area contributed by atoms with Crippen LogP contribution in [0.1, 0.15) is 64.9 Å². The van der Waals surface area contributed by atoms with Crippen molar-refractivity contribution >= 4 is 63.6 Å². The van der Waals surface area contributed by atoms with Gasteiger partial charge in [0.05, 0.1) is 52.8 Å². The van der Waals surface area contributed by atoms with E-state index in [1.165, 1.54) is 38.5 Å². The summed E-state index contributed by atoms with van der Waals surface area (Å²) in [7, 11) is 0.503. The molecule has 0 aliphatic carbocycles. The Morgan fingerprint density at radius 1 is 0.679 bits per heavy atom. The fourth-order valence-electron chi connectivity index (χ4n) is 5.43. The van der Waals surface area contributed by atoms with Gasteiger partial charge < -0.3 is 24.5 Å². The minimum Gasteiger partial charge on any atom is -0.465 e. The van der Waals surface area contributed by atoms with Crippen LogP contribution in [-0.4, -0.2) is 71.3 Å². The number of nitrogens with one attached hydrogen (secondary N) is 2. The van der Waals surface area contributed by atoms with Gasteiger partial charge in [-0.25, -0.2) is 18.0 Å². The second-order valence-corrected chi connectivity index (χ2v) is 16.6. The summed E-state index contributed by atoms with van der Waals surface area (Å²) in [6.45, 7) is 4.02. The first-order valence-corrected chi connectivity index (χ1v) is 20.8. The van der Waals surface area contributed by atoms with E-state index < -0.39 is 25.1 Å². The van der Waals surface area contributed by atoms with Gasteiger partial charge in [-0.1, -0.05) is 67.1 Å². The normalized spacial score (nSPS) is 11.1. The largest absolute Gasteiger partial charge is 0.465 e. The SMILES string of the molecule is C.COC(=O)c1cccc2cc(CCCO)[nH]c12.COC(=O)c1cccc2cc(CCCOS(=O)(=O)c3ccc(C)cc3)[nH]c12.Cc1ccc(S(=O)(=O)Cl)cc1.[2HH]. The number of benzene rings is 4. The zero-order valence-corrected chi connectivity index (χ0v) is 33.2. The lowest BCUT2D eigenvalue weighted by atomic mass is 10.1. The van der Waals surface area contributed by atoms with E-state index in [4.69, 9.17) is 29.4 Å². The van der Waals surface area contributed by atoms with Gasteiger partial charge in [0.2, 0.25) is 0 Å². The first kappa shape index (κ1) is 45.4. The van der Waals surface area contributed by atoms with Crippen LogP contribution in [-0.2, 0) is 45.7 Å². The van der Waals surface area contributed by atoms with Gasteiger partial charge in [0.25, 0.3) is 19.2 Å². The molecule has 0 aliphatic heterocycles. The van der Waals surface area contributed by atoms with Crippen molar-refractivity contribution in [3.05, 3.63) is 131 Å². The average molecular weight is 830 g/mol. The number of hydrogen-bond acceptors (Lipinski definition) is 10. The van der Waals surface area contributed by atoms with E-state index in [2.05, 4.69) is 9.97 Å². The Hall–Kier alpha value is -4.99. The molecule has 3 N–H and O–H groups in total. The van der Waals surface area contributed by atoms with Crippen molar-refractivity contribution in [1.82, 2.24) is 9.97 Å². The van der Waals surface area contributed by atoms with Crippen molar-refractivity contribution in [3.63, 3.8) is 0 Å². The molecule has 6 rings (SSSR count). The molecular formula is C41H49ClN2O10S2. The van der Waals surface area contributed by atoms with E-state index in [1.807, 2.05) is 44.2 Å². The second kappa shape index (κ2) is 20.8. The fraction of sp³-hybridized carbons (Fsp3) is 0.268. The maximum Gasteiger partial charge on any atom is 0.339 e. The highest BCUT2D eigenvalue weighted by molar-refractivity contribution is 8.13. The van der Waals surface area contributed by atoms with Crippen LogP contribution in [0, 0.1) is 13.8 Å². The lowest BCUT2D eigenvalue weighted by Gasteiger charge is -2.05. The van der Waals surface area contributed by atoms with Crippen LogP contribution >= 0.6 is 10.7 Å². The molecule has 302 valence electrons. The van der Waals surface area contributed by atoms with E-state index in [-0.39, 0.29) is 37.8 Å². The maximum atomic E-state index is 12.2. The van der Waals surface area contributed by atoms with E-state index >= 15 is 0 Å². The summed E-state index contributed by atoms with van der Waals surface area (Å²) in [6.07, 6.45) is 2.59. The lowest BCUT2D eigenvalue weighted by Crippen LogP contribution is -2.08. The summed E-state index contributed by atoms with van der Waals surface area (Å²) in [4.78, 5) is 30.1. The molecule has 0 amide bonds. The van der Waals surface area contributed by atoms with Crippen LogP contribution in [0.25, 0.3) is 21.8 Å². The minimum atomic E-state index is -3.75. The number of esters is 2. The predicted molar refractivity (Wildman–Crippen MR) is 220 cm³/mol. The molecular weight excluding hydrogens is 780 g/mol. The summed E-state index contributed by atoms with van der Waals surface area (Å²) >= 11 is 0. The number of para-hydroxylation sites is 2. The van der Waals surface area contributed by atoms with Crippen molar-refractivity contribution in [3.8, 4) is 0 Å². The Kier molecular flexibility index (Phi) is 16.9. The Morgan fingerprint density at radius 3 is 1.52 bits per heavy atom. The molecule has 12 nitrogen and oxygen atoms in total. The van der Waals surface area contributed by atoms with Crippen molar-refractivity contribution < 1.29 is 46.6 Å². The van der Waals surface area contributed by atoms with Crippen molar-refractivity contribution in [1.29, 1.82) is 0 Å². The summed E-state index contributed by atoms with van der Waals surface area (Å²) in [5.41, 5.74) is 6.44. The number of rotatable bonds is 12. The van der Waals surface area contributed by atoms with E-state index in [0.29, 0.717) is 35.9 Å². The Bertz CT molecular complexity index is 2450. The number of hydrogen-bond donors (Lipinski definition) is 3. The number of aliphatic hydroxyl groups excluding tert-OH is 1. The zero-order valence-electron chi connectivity index (χ0n) is 30.8. The van der Waals surface area contributed by atoms with Crippen LogP contribution in [0.3, 0.4) is 0 Å². The van der Waals surface area contributed by atoms with Crippen molar-refractivity contribution in [2.75, 3.05) is 27.4 Å². The van der Waals surface area contributed by atoms with Crippen molar-refractivity contribution in [2.24, 2.45) is 0 Å². The number of aromatic amines is 2. The third-order valence-electron chi connectivity index (χ3n) is 8.28. The molecule has 0 radical (unpaired) electrons. The smallest absolute Gasteiger partial charge is 0.339 e. The molecule has 0 unspecified atom stereocenters. The number of aromatic nitrogens is 2. The maximum absolute atomic E-state index is 12.2. The van der Waals surface area contributed by atoms with Crippen LogP contribution in [0.4, 0.5) is 0 Å². The number of ether oxygens (including phenoxy) is 2. The Balaban J connectivity index is 0.000000320. The second-order valence-electron chi connectivity index (χ2n) is 12.4. The highest BCUT2D eigenvalue weighted by Gasteiger charge is 2.16. The van der Waals surface area contributed by atoms with Crippen LogP contribution in [0.5, 0.6) is 0 Å². The van der Waals surface area contributed by atoms with Crippen molar-refractivity contribution in [2.45, 2.75) is 56.7 Å². The van der Waals surface area contributed by atoms with Gasteiger partial charge in [-0.15, -0.1) is 0 Å². The molecule has 56 heavy (non-hydrogen) atoms. The van der Waals surface area contributed by atoms with Crippen LogP contribution in [0.15, 0.2) is 107 Å². The van der Waals surface area contributed by atoms with Gasteiger partial charge >= 0.3 is 11.9 Å². The van der Waals surface area contributed by atoms with Crippen LogP contribution in [0.2, 0.25) is 0 Å². The highest BCUT2D eigenvalue weighted by atomic mass is 35.7. The van der Waals surface area contributed by atoms with Gasteiger partial charge in [-0.2, -0.15) is 8.42 Å². The number of aryl methyl sites for hydroxylation is 4. The Labute approximate surface area is 333 Å². The number of H-pyrrole nitrogens is 2. The van der Waals surface area contributed by atoms with E-state index in [0.717, 1.165) is 45.2 Å². The third-order valence-corrected chi connectivity index (χ3v) is 11.0. The number of halogens is 1. The molecule has 0 bridgehead atoms. The monoisotopic (exact) mass is 829 g/mol. The zero-order chi connectivity index (χ0) is 40.2. The van der Waals surface area contributed by atoms with E-state index in [1.54, 1.807) is 42.5 Å². The Morgan fingerprint density at radius 2 is 1.11 bits per heavy atom. The molecule has 0 saturated heterocycles. The molecule has 0 atom stereocenters. The number of fused-ring (bicyclic) bond motifs is 2. The predicted octanol–water partition coefficient (Wildman–Crippen LogP) is 8.29. The number of carbonyl (C=O) groups excluding carboxylic acids is 2. The lowest BCUT2D eigenvalue weighted by molar-refractivity contribution is 0.0594. The first-order valence-electron chi connectivity index (χ1n) is 17.1. The number of aliphatic hydroxyl groups is 1. The molecule has 2 heterocycles. The molecule has 4 aromatic carbocycles. The molecule has 0 fully saturated rings. The van der Waals surface area contributed by atoms with E-state index in [9.17, 15) is 26.4 Å². The van der Waals surface area contributed by atoms with Gasteiger partial charge in [0.1, 0.15) is 0 Å². The average Bonchev–Trinajstić information content (AvgIpc) is 3.79. The summed E-state index contributed by atoms with van der Waals surface area (Å²) in [5.74, 6) is -0.743. The molecule has 0 aliphatic rings. The van der Waals surface area contributed by atoms with Gasteiger partial charge in [0, 0.05) is 40.9 Å². The number of methoxy groups -OCH3 is 2. The molecule has 6 aromatic rings. The summed E-state index contributed by atoms with van der Waals surface area (Å²) in [6, 6.07) is 27.8. The van der Waals surface area contributed by atoms with Gasteiger partial charge in [-0.3, -0.25) is 4.18 Å². The van der Waals surface area contributed by atoms with Crippen LogP contribution < -0.4 is 0 Å². The first-order chi connectivity index (χ1) is 26.2. The molecule has 0 saturated carbocycles.